The summed E-state index contributed by atoms with van der Waals surface area (Å²) in [6, 6.07) is 5.30. The average Bonchev–Trinajstić information content (AvgIpc) is 3.09. The minimum Gasteiger partial charge on any atom is -0.452 e. The minimum absolute atomic E-state index is 0.0332. The van der Waals surface area contributed by atoms with Gasteiger partial charge in [0.25, 0.3) is 5.91 Å². The first-order chi connectivity index (χ1) is 15.2. The van der Waals surface area contributed by atoms with Gasteiger partial charge in [0.05, 0.1) is 17.8 Å². The maximum atomic E-state index is 14.7. The Kier molecular flexibility index (Phi) is 5.55. The summed E-state index contributed by atoms with van der Waals surface area (Å²) in [4.78, 5) is 51.0. The van der Waals surface area contributed by atoms with Crippen molar-refractivity contribution in [2.45, 2.75) is 25.4 Å². The molecule has 1 saturated heterocycles. The molecule has 32 heavy (non-hydrogen) atoms. The zero-order chi connectivity index (χ0) is 23.2. The van der Waals surface area contributed by atoms with Gasteiger partial charge in [-0.25, -0.2) is 18.5 Å². The molecule has 166 valence electrons. The van der Waals surface area contributed by atoms with Crippen LogP contribution in [0.15, 0.2) is 30.3 Å². The summed E-state index contributed by atoms with van der Waals surface area (Å²) >= 11 is 5.77. The highest BCUT2D eigenvalue weighted by molar-refractivity contribution is 6.31. The van der Waals surface area contributed by atoms with E-state index < -0.39 is 52.2 Å². The summed E-state index contributed by atoms with van der Waals surface area (Å²) < 4.78 is 33.8. The van der Waals surface area contributed by atoms with E-state index in [1.54, 1.807) is 0 Å². The van der Waals surface area contributed by atoms with Gasteiger partial charge in [0.2, 0.25) is 11.8 Å². The van der Waals surface area contributed by atoms with Crippen LogP contribution < -0.4 is 10.2 Å². The number of piperidine rings is 1. The summed E-state index contributed by atoms with van der Waals surface area (Å²) in [5.74, 6) is -3.71. The molecule has 8 nitrogen and oxygen atoms in total. The maximum Gasteiger partial charge on any atom is 0.418 e. The van der Waals surface area contributed by atoms with E-state index in [1.807, 2.05) is 0 Å². The molecule has 2 aromatic carbocycles. The smallest absolute Gasteiger partial charge is 0.418 e. The molecule has 4 rings (SSSR count). The molecule has 0 radical (unpaired) electrons. The number of hydrogen-bond donors (Lipinski definition) is 1. The molecule has 1 N–H and O–H groups in total. The third-order valence-corrected chi connectivity index (χ3v) is 5.66. The lowest BCUT2D eigenvalue weighted by atomic mass is 10.0. The second-order valence-corrected chi connectivity index (χ2v) is 7.65. The van der Waals surface area contributed by atoms with Gasteiger partial charge in [-0.15, -0.1) is 0 Å². The SMILES string of the molecule is COC(=O)N(c1ccc2c(c1)C(=O)N(C1CCC(=O)NC1=O)C2)c1c(F)ccc(Cl)c1F. The second-order valence-electron chi connectivity index (χ2n) is 7.24. The van der Waals surface area contributed by atoms with Gasteiger partial charge in [0.1, 0.15) is 11.7 Å². The molecular weight excluding hydrogens is 448 g/mol. The quantitative estimate of drug-likeness (QED) is 0.556. The van der Waals surface area contributed by atoms with Crippen molar-refractivity contribution in [2.24, 2.45) is 0 Å². The van der Waals surface area contributed by atoms with Crippen molar-refractivity contribution in [3.8, 4) is 0 Å². The molecule has 2 aliphatic heterocycles. The van der Waals surface area contributed by atoms with E-state index in [2.05, 4.69) is 10.1 Å². The number of rotatable bonds is 3. The van der Waals surface area contributed by atoms with E-state index in [0.717, 1.165) is 19.2 Å². The van der Waals surface area contributed by atoms with Crippen LogP contribution in [0.5, 0.6) is 0 Å². The second kappa shape index (κ2) is 8.19. The summed E-state index contributed by atoms with van der Waals surface area (Å²) in [6.07, 6.45) is -0.812. The van der Waals surface area contributed by atoms with Crippen LogP contribution in [0.25, 0.3) is 0 Å². The number of fused-ring (bicyclic) bond motifs is 1. The number of imide groups is 1. The number of carbonyl (C=O) groups is 4. The van der Waals surface area contributed by atoms with E-state index in [0.29, 0.717) is 10.5 Å². The number of anilines is 2. The number of amides is 4. The van der Waals surface area contributed by atoms with Crippen LogP contribution >= 0.6 is 11.6 Å². The first-order valence-electron chi connectivity index (χ1n) is 9.52. The number of nitrogens with zero attached hydrogens (tertiary/aromatic N) is 2. The zero-order valence-electron chi connectivity index (χ0n) is 16.7. The van der Waals surface area contributed by atoms with Gasteiger partial charge in [0, 0.05) is 18.5 Å². The van der Waals surface area contributed by atoms with Gasteiger partial charge in [0.15, 0.2) is 11.6 Å². The number of ether oxygens (including phenoxy) is 1. The van der Waals surface area contributed by atoms with Crippen LogP contribution in [0.1, 0.15) is 28.8 Å². The molecule has 1 fully saturated rings. The Morgan fingerprint density at radius 1 is 1.22 bits per heavy atom. The fourth-order valence-electron chi connectivity index (χ4n) is 3.82. The Bertz CT molecular complexity index is 1170. The molecule has 0 bridgehead atoms. The third-order valence-electron chi connectivity index (χ3n) is 5.37. The van der Waals surface area contributed by atoms with Crippen LogP contribution in [0, 0.1) is 11.6 Å². The predicted octanol–water partition coefficient (Wildman–Crippen LogP) is 3.28. The highest BCUT2D eigenvalue weighted by Crippen LogP contribution is 2.37. The van der Waals surface area contributed by atoms with E-state index in [1.165, 1.54) is 23.1 Å². The third kappa shape index (κ3) is 3.56. The average molecular weight is 464 g/mol. The van der Waals surface area contributed by atoms with Crippen molar-refractivity contribution in [1.29, 1.82) is 0 Å². The van der Waals surface area contributed by atoms with E-state index in [9.17, 15) is 28.0 Å². The van der Waals surface area contributed by atoms with Gasteiger partial charge in [-0.05, 0) is 36.2 Å². The molecule has 2 aromatic rings. The summed E-state index contributed by atoms with van der Waals surface area (Å²) in [6.45, 7) is 0.110. The lowest BCUT2D eigenvalue weighted by Gasteiger charge is -2.29. The predicted molar refractivity (Wildman–Crippen MR) is 108 cm³/mol. The van der Waals surface area contributed by atoms with E-state index in [4.69, 9.17) is 11.6 Å². The molecule has 1 unspecified atom stereocenters. The molecule has 4 amide bonds. The molecule has 0 saturated carbocycles. The fourth-order valence-corrected chi connectivity index (χ4v) is 3.97. The van der Waals surface area contributed by atoms with Gasteiger partial charge < -0.3 is 9.64 Å². The van der Waals surface area contributed by atoms with E-state index in [-0.39, 0.29) is 30.6 Å². The summed E-state index contributed by atoms with van der Waals surface area (Å²) in [7, 11) is 1.04. The number of benzene rings is 2. The number of carbonyl (C=O) groups excluding carboxylic acids is 4. The minimum atomic E-state index is -1.17. The molecule has 0 spiro atoms. The van der Waals surface area contributed by atoms with Crippen LogP contribution in [0.2, 0.25) is 5.02 Å². The van der Waals surface area contributed by atoms with Gasteiger partial charge in [-0.3, -0.25) is 19.7 Å². The topological polar surface area (TPSA) is 96.0 Å². The highest BCUT2D eigenvalue weighted by atomic mass is 35.5. The number of nitrogens with one attached hydrogen (secondary N) is 1. The van der Waals surface area contributed by atoms with E-state index >= 15 is 0 Å². The van der Waals surface area contributed by atoms with Crippen LogP contribution in [-0.4, -0.2) is 41.9 Å². The monoisotopic (exact) mass is 463 g/mol. The first kappa shape index (κ1) is 21.7. The molecule has 1 atom stereocenters. The molecule has 0 aliphatic carbocycles. The lowest BCUT2D eigenvalue weighted by Crippen LogP contribution is -2.52. The Morgan fingerprint density at radius 2 is 1.97 bits per heavy atom. The van der Waals surface area contributed by atoms with Crippen LogP contribution in [-0.2, 0) is 20.9 Å². The highest BCUT2D eigenvalue weighted by Gasteiger charge is 2.39. The molecule has 2 heterocycles. The van der Waals surface area contributed by atoms with Crippen molar-refractivity contribution in [3.05, 3.63) is 58.1 Å². The van der Waals surface area contributed by atoms with Gasteiger partial charge in [-0.1, -0.05) is 17.7 Å². The van der Waals surface area contributed by atoms with Crippen LogP contribution in [0.4, 0.5) is 25.0 Å². The summed E-state index contributed by atoms with van der Waals surface area (Å²) in [5, 5.41) is 1.80. The number of halogens is 3. The number of methoxy groups -OCH3 is 1. The van der Waals surface area contributed by atoms with Gasteiger partial charge in [-0.2, -0.15) is 0 Å². The standard InChI is InChI=1S/C21H16ClF2N3O5/c1-32-21(31)27(18-14(23)5-4-13(22)17(18)24)11-3-2-10-9-26(20(30)12(10)8-11)15-6-7-16(28)25-19(15)29/h2-5,8,15H,6-7,9H2,1H3,(H,25,28,29). The number of hydrogen-bond acceptors (Lipinski definition) is 5. The Morgan fingerprint density at radius 3 is 2.66 bits per heavy atom. The fraction of sp³-hybridized carbons (Fsp3) is 0.238. The van der Waals surface area contributed by atoms with Crippen molar-refractivity contribution < 1.29 is 32.7 Å². The summed E-state index contributed by atoms with van der Waals surface area (Å²) in [5.41, 5.74) is -0.0739. The van der Waals surface area contributed by atoms with Crippen molar-refractivity contribution >= 4 is 46.8 Å². The van der Waals surface area contributed by atoms with Crippen molar-refractivity contribution in [3.63, 3.8) is 0 Å². The zero-order valence-corrected chi connectivity index (χ0v) is 17.4. The Hall–Kier alpha value is -3.53. The largest absolute Gasteiger partial charge is 0.452 e. The normalized spacial score (nSPS) is 17.8. The molecular formula is C21H16ClF2N3O5. The van der Waals surface area contributed by atoms with Gasteiger partial charge >= 0.3 is 6.09 Å². The lowest BCUT2D eigenvalue weighted by molar-refractivity contribution is -0.136. The molecule has 2 aliphatic rings. The first-order valence-corrected chi connectivity index (χ1v) is 9.90. The maximum absolute atomic E-state index is 14.7. The van der Waals surface area contributed by atoms with Crippen LogP contribution in [0.3, 0.4) is 0 Å². The molecule has 0 aromatic heterocycles. The van der Waals surface area contributed by atoms with Crippen molar-refractivity contribution in [2.75, 3.05) is 12.0 Å². The van der Waals surface area contributed by atoms with Crippen molar-refractivity contribution in [1.82, 2.24) is 10.2 Å². The molecule has 11 heteroatoms. The Balaban J connectivity index is 1.73. The Labute approximate surface area is 185 Å².